The number of fused-ring (bicyclic) bond motifs is 1. The molecule has 0 bridgehead atoms. The van der Waals surface area contributed by atoms with Gasteiger partial charge in [-0.3, -0.25) is 9.48 Å². The molecule has 2 aromatic carbocycles. The number of thiazole rings is 1. The third-order valence-electron chi connectivity index (χ3n) is 4.32. The topological polar surface area (TPSA) is 59.8 Å². The highest BCUT2D eigenvalue weighted by molar-refractivity contribution is 7.21. The standard InChI is InChI=1S/C20H18N4OS/c1-12-4-7-18-16(10-12)23-20(26-18)14-5-6-15(13(2)11-14)22-19(25)17-8-9-21-24(17)3/h4-11H,1-3H3,(H,22,25). The molecule has 2 heterocycles. The van der Waals surface area contributed by atoms with Crippen LogP contribution in [-0.2, 0) is 7.05 Å². The summed E-state index contributed by atoms with van der Waals surface area (Å²) >= 11 is 1.68. The van der Waals surface area contributed by atoms with Crippen molar-refractivity contribution < 1.29 is 4.79 Å². The van der Waals surface area contributed by atoms with E-state index in [1.807, 2.05) is 19.1 Å². The molecule has 130 valence electrons. The highest BCUT2D eigenvalue weighted by atomic mass is 32.1. The van der Waals surface area contributed by atoms with Crippen LogP contribution in [-0.4, -0.2) is 20.7 Å². The number of hydrogen-bond donors (Lipinski definition) is 1. The zero-order chi connectivity index (χ0) is 18.3. The van der Waals surface area contributed by atoms with E-state index in [-0.39, 0.29) is 5.91 Å². The molecule has 0 spiro atoms. The lowest BCUT2D eigenvalue weighted by molar-refractivity contribution is 0.101. The Labute approximate surface area is 155 Å². The maximum Gasteiger partial charge on any atom is 0.273 e. The summed E-state index contributed by atoms with van der Waals surface area (Å²) in [6.45, 7) is 4.06. The first-order chi connectivity index (χ1) is 12.5. The predicted molar refractivity (Wildman–Crippen MR) is 106 cm³/mol. The highest BCUT2D eigenvalue weighted by Gasteiger charge is 2.13. The first-order valence-electron chi connectivity index (χ1n) is 8.29. The Morgan fingerprint density at radius 1 is 1.12 bits per heavy atom. The minimum absolute atomic E-state index is 0.170. The van der Waals surface area contributed by atoms with Gasteiger partial charge in [-0.15, -0.1) is 11.3 Å². The number of rotatable bonds is 3. The summed E-state index contributed by atoms with van der Waals surface area (Å²) in [5, 5.41) is 7.97. The van der Waals surface area contributed by atoms with E-state index in [9.17, 15) is 4.79 Å². The number of aryl methyl sites for hydroxylation is 3. The molecule has 0 atom stereocenters. The minimum atomic E-state index is -0.170. The van der Waals surface area contributed by atoms with Gasteiger partial charge in [0.05, 0.1) is 10.2 Å². The predicted octanol–water partition coefficient (Wildman–Crippen LogP) is 4.57. The van der Waals surface area contributed by atoms with Gasteiger partial charge in [-0.2, -0.15) is 5.10 Å². The Balaban J connectivity index is 1.62. The third-order valence-corrected chi connectivity index (χ3v) is 5.40. The van der Waals surface area contributed by atoms with Crippen molar-refractivity contribution in [3.8, 4) is 10.6 Å². The molecule has 2 aromatic heterocycles. The van der Waals surface area contributed by atoms with E-state index < -0.39 is 0 Å². The Hall–Kier alpha value is -2.99. The quantitative estimate of drug-likeness (QED) is 0.581. The van der Waals surface area contributed by atoms with Gasteiger partial charge in [0.2, 0.25) is 0 Å². The summed E-state index contributed by atoms with van der Waals surface area (Å²) in [5.74, 6) is -0.170. The lowest BCUT2D eigenvalue weighted by Gasteiger charge is -2.09. The number of benzene rings is 2. The summed E-state index contributed by atoms with van der Waals surface area (Å²) in [6, 6.07) is 14.0. The van der Waals surface area contributed by atoms with Crippen LogP contribution in [0, 0.1) is 13.8 Å². The second kappa shape index (κ2) is 6.38. The molecule has 0 saturated carbocycles. The summed E-state index contributed by atoms with van der Waals surface area (Å²) in [5.41, 5.74) is 5.59. The number of nitrogens with zero attached hydrogens (tertiary/aromatic N) is 3. The SMILES string of the molecule is Cc1ccc2sc(-c3ccc(NC(=O)c4ccnn4C)c(C)c3)nc2c1. The first kappa shape index (κ1) is 16.5. The number of amides is 1. The Kier molecular flexibility index (Phi) is 4.05. The molecule has 1 N–H and O–H groups in total. The van der Waals surface area contributed by atoms with Crippen molar-refractivity contribution in [1.82, 2.24) is 14.8 Å². The van der Waals surface area contributed by atoms with E-state index in [4.69, 9.17) is 4.98 Å². The molecule has 0 aliphatic carbocycles. The lowest BCUT2D eigenvalue weighted by atomic mass is 10.1. The third kappa shape index (κ3) is 2.99. The molecule has 6 heteroatoms. The summed E-state index contributed by atoms with van der Waals surface area (Å²) < 4.78 is 2.74. The maximum atomic E-state index is 12.4. The number of carbonyl (C=O) groups is 1. The average Bonchev–Trinajstić information content (AvgIpc) is 3.22. The fourth-order valence-corrected chi connectivity index (χ4v) is 3.82. The largest absolute Gasteiger partial charge is 0.320 e. The number of nitrogens with one attached hydrogen (secondary N) is 1. The van der Waals surface area contributed by atoms with Gasteiger partial charge >= 0.3 is 0 Å². The van der Waals surface area contributed by atoms with Crippen LogP contribution in [0.4, 0.5) is 5.69 Å². The molecule has 4 aromatic rings. The van der Waals surface area contributed by atoms with E-state index in [1.165, 1.54) is 10.3 Å². The smallest absolute Gasteiger partial charge is 0.273 e. The molecule has 1 amide bonds. The molecule has 4 rings (SSSR count). The maximum absolute atomic E-state index is 12.4. The van der Waals surface area contributed by atoms with Gasteiger partial charge in [0.15, 0.2) is 0 Å². The van der Waals surface area contributed by atoms with Crippen LogP contribution in [0.2, 0.25) is 0 Å². The van der Waals surface area contributed by atoms with Gasteiger partial charge in [-0.25, -0.2) is 4.98 Å². The minimum Gasteiger partial charge on any atom is -0.320 e. The van der Waals surface area contributed by atoms with E-state index in [0.717, 1.165) is 27.3 Å². The van der Waals surface area contributed by atoms with E-state index in [1.54, 1.807) is 35.3 Å². The lowest BCUT2D eigenvalue weighted by Crippen LogP contribution is -2.16. The second-order valence-electron chi connectivity index (χ2n) is 6.31. The summed E-state index contributed by atoms with van der Waals surface area (Å²) in [6.07, 6.45) is 1.61. The van der Waals surface area contributed by atoms with Crippen molar-refractivity contribution in [2.45, 2.75) is 13.8 Å². The van der Waals surface area contributed by atoms with Gasteiger partial charge in [0.25, 0.3) is 5.91 Å². The van der Waals surface area contributed by atoms with Crippen molar-refractivity contribution in [3.05, 3.63) is 65.5 Å². The van der Waals surface area contributed by atoms with Crippen LogP contribution in [0.25, 0.3) is 20.8 Å². The van der Waals surface area contributed by atoms with Crippen molar-refractivity contribution >= 4 is 33.1 Å². The van der Waals surface area contributed by atoms with Gasteiger partial charge < -0.3 is 5.32 Å². The van der Waals surface area contributed by atoms with Gasteiger partial charge in [0.1, 0.15) is 10.7 Å². The van der Waals surface area contributed by atoms with Gasteiger partial charge in [-0.05, 0) is 61.4 Å². The number of hydrogen-bond acceptors (Lipinski definition) is 4. The van der Waals surface area contributed by atoms with E-state index in [2.05, 4.69) is 41.6 Å². The normalized spacial score (nSPS) is 11.0. The van der Waals surface area contributed by atoms with E-state index in [0.29, 0.717) is 5.69 Å². The molecule has 0 aliphatic heterocycles. The van der Waals surface area contributed by atoms with Crippen LogP contribution in [0.5, 0.6) is 0 Å². The summed E-state index contributed by atoms with van der Waals surface area (Å²) in [7, 11) is 1.75. The van der Waals surface area contributed by atoms with Gasteiger partial charge in [0, 0.05) is 24.5 Å². The zero-order valence-corrected chi connectivity index (χ0v) is 15.6. The number of aromatic nitrogens is 3. The molecular formula is C20H18N4OS. The van der Waals surface area contributed by atoms with E-state index >= 15 is 0 Å². The van der Waals surface area contributed by atoms with Crippen LogP contribution in [0.15, 0.2) is 48.7 Å². The van der Waals surface area contributed by atoms with Crippen molar-refractivity contribution in [2.75, 3.05) is 5.32 Å². The molecular weight excluding hydrogens is 344 g/mol. The van der Waals surface area contributed by atoms with Crippen LogP contribution in [0.3, 0.4) is 0 Å². The fraction of sp³-hybridized carbons (Fsp3) is 0.150. The molecule has 0 saturated heterocycles. The molecule has 0 aliphatic rings. The van der Waals surface area contributed by atoms with Crippen molar-refractivity contribution in [1.29, 1.82) is 0 Å². The Morgan fingerprint density at radius 2 is 1.96 bits per heavy atom. The first-order valence-corrected chi connectivity index (χ1v) is 9.10. The molecule has 26 heavy (non-hydrogen) atoms. The average molecular weight is 362 g/mol. The van der Waals surface area contributed by atoms with Crippen molar-refractivity contribution in [2.24, 2.45) is 7.05 Å². The molecule has 5 nitrogen and oxygen atoms in total. The number of anilines is 1. The summed E-state index contributed by atoms with van der Waals surface area (Å²) in [4.78, 5) is 17.1. The monoisotopic (exact) mass is 362 g/mol. The van der Waals surface area contributed by atoms with Crippen LogP contribution >= 0.6 is 11.3 Å². The molecule has 0 unspecified atom stereocenters. The zero-order valence-electron chi connectivity index (χ0n) is 14.8. The molecule has 0 fully saturated rings. The number of carbonyl (C=O) groups excluding carboxylic acids is 1. The highest BCUT2D eigenvalue weighted by Crippen LogP contribution is 2.32. The van der Waals surface area contributed by atoms with Crippen LogP contribution in [0.1, 0.15) is 21.6 Å². The Bertz CT molecular complexity index is 1130. The molecule has 0 radical (unpaired) electrons. The van der Waals surface area contributed by atoms with Crippen molar-refractivity contribution in [3.63, 3.8) is 0 Å². The fourth-order valence-electron chi connectivity index (χ4n) is 2.88. The van der Waals surface area contributed by atoms with Gasteiger partial charge in [-0.1, -0.05) is 6.07 Å². The Morgan fingerprint density at radius 3 is 2.69 bits per heavy atom. The second-order valence-corrected chi connectivity index (χ2v) is 7.34. The van der Waals surface area contributed by atoms with Crippen LogP contribution < -0.4 is 5.32 Å².